The molecule has 43 heavy (non-hydrogen) atoms. The predicted octanol–water partition coefficient (Wildman–Crippen LogP) is 6.62. The topological polar surface area (TPSA) is 96.0 Å². The number of amides is 2. The molecule has 0 fully saturated rings. The third kappa shape index (κ3) is 9.11. The van der Waals surface area contributed by atoms with E-state index in [4.69, 9.17) is 27.9 Å². The van der Waals surface area contributed by atoms with E-state index in [1.165, 1.54) is 17.0 Å². The van der Waals surface area contributed by atoms with Crippen molar-refractivity contribution in [3.05, 3.63) is 87.9 Å². The molecular weight excluding hydrogens is 609 g/mol. The lowest BCUT2D eigenvalue weighted by molar-refractivity contribution is -0.140. The minimum absolute atomic E-state index is 0.000902. The summed E-state index contributed by atoms with van der Waals surface area (Å²) in [5.74, 6) is -0.338. The third-order valence-corrected chi connectivity index (χ3v) is 9.27. The van der Waals surface area contributed by atoms with Crippen LogP contribution in [0.3, 0.4) is 0 Å². The first-order chi connectivity index (χ1) is 20.5. The highest BCUT2D eigenvalue weighted by Crippen LogP contribution is 2.28. The van der Waals surface area contributed by atoms with Gasteiger partial charge in [0.2, 0.25) is 11.8 Å². The van der Waals surface area contributed by atoms with Crippen LogP contribution in [0, 0.1) is 6.92 Å². The number of nitrogens with one attached hydrogen (secondary N) is 1. The standard InChI is InChI=1S/C32H39Cl2N3O5S/c1-5-8-19-35-32(39)30(6-2)36(21-24-11-12-25(33)20-29(24)34)31(38)22-37(26-13-9-23(4)10-14-26)43(40,41)28-17-15-27(16-18-28)42-7-3/h9-18,20,30H,5-8,19,21-22H2,1-4H3,(H,35,39)/t30-/m0/s1. The van der Waals surface area contributed by atoms with E-state index in [1.54, 1.807) is 54.6 Å². The second-order valence-corrected chi connectivity index (χ2v) is 12.8. The minimum atomic E-state index is -4.20. The number of halogens is 2. The number of carbonyl (C=O) groups excluding carboxylic acids is 2. The van der Waals surface area contributed by atoms with E-state index in [0.29, 0.717) is 46.6 Å². The highest BCUT2D eigenvalue weighted by atomic mass is 35.5. The molecule has 11 heteroatoms. The molecule has 0 bridgehead atoms. The molecule has 0 aliphatic heterocycles. The van der Waals surface area contributed by atoms with E-state index < -0.39 is 28.5 Å². The maximum atomic E-state index is 14.2. The third-order valence-electron chi connectivity index (χ3n) is 6.89. The quantitative estimate of drug-likeness (QED) is 0.187. The maximum absolute atomic E-state index is 14.2. The molecule has 0 unspecified atom stereocenters. The highest BCUT2D eigenvalue weighted by Gasteiger charge is 2.34. The Morgan fingerprint density at radius 3 is 2.21 bits per heavy atom. The molecule has 0 heterocycles. The summed E-state index contributed by atoms with van der Waals surface area (Å²) in [6.45, 7) is 7.91. The number of ether oxygens (including phenoxy) is 1. The number of anilines is 1. The summed E-state index contributed by atoms with van der Waals surface area (Å²) in [6.07, 6.45) is 2.00. The fourth-order valence-corrected chi connectivity index (χ4v) is 6.38. The van der Waals surface area contributed by atoms with Gasteiger partial charge < -0.3 is 15.0 Å². The van der Waals surface area contributed by atoms with Crippen molar-refractivity contribution in [2.75, 3.05) is 24.0 Å². The summed E-state index contributed by atoms with van der Waals surface area (Å²) in [5, 5.41) is 3.68. The van der Waals surface area contributed by atoms with E-state index >= 15 is 0 Å². The number of benzene rings is 3. The Morgan fingerprint density at radius 1 is 0.953 bits per heavy atom. The second-order valence-electron chi connectivity index (χ2n) is 10.1. The Balaban J connectivity index is 2.05. The SMILES string of the molecule is CCCCNC(=O)[C@H](CC)N(Cc1ccc(Cl)cc1Cl)C(=O)CN(c1ccc(C)cc1)S(=O)(=O)c1ccc(OCC)cc1. The Labute approximate surface area is 265 Å². The Hall–Kier alpha value is -3.27. The largest absolute Gasteiger partial charge is 0.494 e. The highest BCUT2D eigenvalue weighted by molar-refractivity contribution is 7.92. The van der Waals surface area contributed by atoms with Gasteiger partial charge in [-0.3, -0.25) is 13.9 Å². The van der Waals surface area contributed by atoms with E-state index in [-0.39, 0.29) is 17.3 Å². The van der Waals surface area contributed by atoms with Crippen molar-refractivity contribution in [2.45, 2.75) is 64.4 Å². The van der Waals surface area contributed by atoms with E-state index in [0.717, 1.165) is 22.7 Å². The number of unbranched alkanes of at least 4 members (excludes halogenated alkanes) is 1. The van der Waals surface area contributed by atoms with Gasteiger partial charge in [-0.25, -0.2) is 8.42 Å². The summed E-state index contributed by atoms with van der Waals surface area (Å²) >= 11 is 12.6. The van der Waals surface area contributed by atoms with Crippen LogP contribution in [0.15, 0.2) is 71.6 Å². The lowest BCUT2D eigenvalue weighted by Crippen LogP contribution is -2.52. The van der Waals surface area contributed by atoms with Crippen molar-refractivity contribution in [1.82, 2.24) is 10.2 Å². The molecule has 2 amide bonds. The Morgan fingerprint density at radius 2 is 1.63 bits per heavy atom. The van der Waals surface area contributed by atoms with Crippen molar-refractivity contribution in [3.63, 3.8) is 0 Å². The molecule has 3 aromatic rings. The zero-order valence-electron chi connectivity index (χ0n) is 25.0. The number of carbonyl (C=O) groups is 2. The van der Waals surface area contributed by atoms with Crippen LogP contribution < -0.4 is 14.4 Å². The van der Waals surface area contributed by atoms with Crippen LogP contribution >= 0.6 is 23.2 Å². The molecule has 1 atom stereocenters. The second kappa shape index (κ2) is 16.0. The molecule has 8 nitrogen and oxygen atoms in total. The molecule has 0 radical (unpaired) electrons. The Kier molecular flexibility index (Phi) is 12.7. The predicted molar refractivity (Wildman–Crippen MR) is 172 cm³/mol. The number of nitrogens with zero attached hydrogens (tertiary/aromatic N) is 2. The van der Waals surface area contributed by atoms with Crippen molar-refractivity contribution in [1.29, 1.82) is 0 Å². The van der Waals surface area contributed by atoms with Gasteiger partial charge >= 0.3 is 0 Å². The summed E-state index contributed by atoms with van der Waals surface area (Å²) in [5.41, 5.74) is 1.83. The molecule has 0 aromatic heterocycles. The average Bonchev–Trinajstić information content (AvgIpc) is 2.98. The lowest BCUT2D eigenvalue weighted by atomic mass is 10.1. The molecule has 0 spiro atoms. The van der Waals surface area contributed by atoms with E-state index in [2.05, 4.69) is 5.32 Å². The number of rotatable bonds is 15. The normalized spacial score (nSPS) is 12.0. The Bertz CT molecular complexity index is 1480. The van der Waals surface area contributed by atoms with Crippen LogP contribution in [0.5, 0.6) is 5.75 Å². The van der Waals surface area contributed by atoms with Crippen molar-refractivity contribution in [2.24, 2.45) is 0 Å². The first-order valence-corrected chi connectivity index (χ1v) is 16.5. The van der Waals surface area contributed by atoms with E-state index in [1.807, 2.05) is 27.7 Å². The number of sulfonamides is 1. The first-order valence-electron chi connectivity index (χ1n) is 14.3. The van der Waals surface area contributed by atoms with Crippen LogP contribution in [-0.2, 0) is 26.2 Å². The molecular formula is C32H39Cl2N3O5S. The fraction of sp³-hybridized carbons (Fsp3) is 0.375. The van der Waals surface area contributed by atoms with Gasteiger partial charge in [-0.15, -0.1) is 0 Å². The summed E-state index contributed by atoms with van der Waals surface area (Å²) in [7, 11) is -4.20. The fourth-order valence-electron chi connectivity index (χ4n) is 4.50. The van der Waals surface area contributed by atoms with Gasteiger partial charge in [-0.1, -0.05) is 67.2 Å². The van der Waals surface area contributed by atoms with Crippen molar-refractivity contribution in [3.8, 4) is 5.75 Å². The first kappa shape index (κ1) is 34.2. The molecule has 232 valence electrons. The van der Waals surface area contributed by atoms with Crippen LogP contribution in [0.4, 0.5) is 5.69 Å². The van der Waals surface area contributed by atoms with Crippen LogP contribution in [0.2, 0.25) is 10.0 Å². The molecule has 0 saturated heterocycles. The molecule has 1 N–H and O–H groups in total. The molecule has 0 aliphatic carbocycles. The maximum Gasteiger partial charge on any atom is 0.264 e. The van der Waals surface area contributed by atoms with Crippen LogP contribution in [-0.4, -0.2) is 50.9 Å². The number of hydrogen-bond acceptors (Lipinski definition) is 5. The summed E-state index contributed by atoms with van der Waals surface area (Å²) < 4.78 is 34.6. The van der Waals surface area contributed by atoms with Gasteiger partial charge in [0.25, 0.3) is 10.0 Å². The lowest BCUT2D eigenvalue weighted by Gasteiger charge is -2.33. The summed E-state index contributed by atoms with van der Waals surface area (Å²) in [6, 6.07) is 17.0. The van der Waals surface area contributed by atoms with Gasteiger partial charge in [-0.2, -0.15) is 0 Å². The van der Waals surface area contributed by atoms with Gasteiger partial charge in [0.15, 0.2) is 0 Å². The van der Waals surface area contributed by atoms with Gasteiger partial charge in [0, 0.05) is 23.1 Å². The number of aryl methyl sites for hydroxylation is 1. The van der Waals surface area contributed by atoms with Crippen molar-refractivity contribution < 1.29 is 22.7 Å². The minimum Gasteiger partial charge on any atom is -0.494 e. The van der Waals surface area contributed by atoms with Gasteiger partial charge in [0.05, 0.1) is 17.2 Å². The summed E-state index contributed by atoms with van der Waals surface area (Å²) in [4.78, 5) is 28.9. The monoisotopic (exact) mass is 647 g/mol. The zero-order chi connectivity index (χ0) is 31.6. The van der Waals surface area contributed by atoms with Gasteiger partial charge in [-0.05, 0) is 80.8 Å². The van der Waals surface area contributed by atoms with Crippen molar-refractivity contribution >= 4 is 50.7 Å². The molecule has 0 saturated carbocycles. The molecule has 0 aliphatic rings. The van der Waals surface area contributed by atoms with E-state index in [9.17, 15) is 18.0 Å². The average molecular weight is 649 g/mol. The van der Waals surface area contributed by atoms with Crippen LogP contribution in [0.25, 0.3) is 0 Å². The molecule has 3 rings (SSSR count). The number of hydrogen-bond donors (Lipinski definition) is 1. The smallest absolute Gasteiger partial charge is 0.264 e. The van der Waals surface area contributed by atoms with Gasteiger partial charge in [0.1, 0.15) is 18.3 Å². The molecule has 3 aromatic carbocycles. The van der Waals surface area contributed by atoms with Crippen LogP contribution in [0.1, 0.15) is 51.2 Å². The zero-order valence-corrected chi connectivity index (χ0v) is 27.3.